The van der Waals surface area contributed by atoms with Gasteiger partial charge in [-0.3, -0.25) is 4.79 Å². The van der Waals surface area contributed by atoms with E-state index in [2.05, 4.69) is 10.6 Å². The first-order valence-corrected chi connectivity index (χ1v) is 8.08. The second-order valence-corrected chi connectivity index (χ2v) is 7.10. The largest absolute Gasteiger partial charge is 0.326 e. The van der Waals surface area contributed by atoms with Crippen molar-refractivity contribution in [2.45, 2.75) is 24.3 Å². The molecule has 1 saturated heterocycles. The Balaban J connectivity index is 1.96. The van der Waals surface area contributed by atoms with Gasteiger partial charge in [-0.1, -0.05) is 0 Å². The second-order valence-electron chi connectivity index (χ2n) is 5.21. The Morgan fingerprint density at radius 2 is 2.15 bits per heavy atom. The predicted octanol–water partition coefficient (Wildman–Crippen LogP) is 0.164. The second kappa shape index (κ2) is 4.83. The molecular formula is C13H17N3O3S. The molecule has 20 heavy (non-hydrogen) atoms. The molecule has 0 spiro atoms. The van der Waals surface area contributed by atoms with Gasteiger partial charge in [-0.05, 0) is 30.7 Å². The number of fused-ring (bicyclic) bond motifs is 1. The lowest BCUT2D eigenvalue weighted by atomic mass is 10.2. The molecule has 0 aromatic heterocycles. The fourth-order valence-corrected chi connectivity index (χ4v) is 4.36. The molecular weight excluding hydrogens is 278 g/mol. The summed E-state index contributed by atoms with van der Waals surface area (Å²) < 4.78 is 26.9. The number of hydrogen-bond donors (Lipinski definition) is 2. The lowest BCUT2D eigenvalue weighted by Gasteiger charge is -2.32. The van der Waals surface area contributed by atoms with Crippen LogP contribution in [-0.4, -0.2) is 44.3 Å². The van der Waals surface area contributed by atoms with Gasteiger partial charge in [-0.25, -0.2) is 8.42 Å². The van der Waals surface area contributed by atoms with E-state index in [4.69, 9.17) is 0 Å². The average Bonchev–Trinajstić information content (AvgIpc) is 2.78. The van der Waals surface area contributed by atoms with Gasteiger partial charge in [0.05, 0.1) is 11.3 Å². The molecule has 108 valence electrons. The molecule has 1 atom stereocenters. The van der Waals surface area contributed by atoms with Gasteiger partial charge >= 0.3 is 0 Å². The monoisotopic (exact) mass is 295 g/mol. The Bertz CT molecular complexity index is 657. The Labute approximate surface area is 118 Å². The van der Waals surface area contributed by atoms with Gasteiger partial charge in [0.1, 0.15) is 0 Å². The van der Waals surface area contributed by atoms with E-state index in [1.165, 1.54) is 4.31 Å². The Morgan fingerprint density at radius 1 is 1.35 bits per heavy atom. The maximum absolute atomic E-state index is 12.7. The lowest BCUT2D eigenvalue weighted by Crippen LogP contribution is -2.52. The minimum absolute atomic E-state index is 0.0678. The zero-order chi connectivity index (χ0) is 14.3. The number of carbonyl (C=O) groups is 1. The fraction of sp³-hybridized carbons (Fsp3) is 0.462. The number of anilines is 1. The Hall–Kier alpha value is -1.44. The quantitative estimate of drug-likeness (QED) is 0.815. The maximum atomic E-state index is 12.7. The first kappa shape index (κ1) is 13.5. The van der Waals surface area contributed by atoms with Gasteiger partial charge in [0, 0.05) is 31.4 Å². The van der Waals surface area contributed by atoms with Crippen LogP contribution < -0.4 is 10.6 Å². The molecule has 3 rings (SSSR count). The molecule has 0 unspecified atom stereocenters. The van der Waals surface area contributed by atoms with E-state index in [-0.39, 0.29) is 23.3 Å². The zero-order valence-corrected chi connectivity index (χ0v) is 12.0. The summed E-state index contributed by atoms with van der Waals surface area (Å²) in [5.41, 5.74) is 1.46. The van der Waals surface area contributed by atoms with Crippen molar-refractivity contribution < 1.29 is 13.2 Å². The molecule has 0 saturated carbocycles. The molecule has 0 bridgehead atoms. The standard InChI is InChI=1S/C13H17N3O3S/c1-9-8-14-4-5-16(9)20(18,19)11-2-3-12-10(6-11)7-13(17)15-12/h2-3,6,9,14H,4-5,7-8H2,1H3,(H,15,17)/t9-/m0/s1. The van der Waals surface area contributed by atoms with Crippen LogP contribution in [0, 0.1) is 0 Å². The number of benzene rings is 1. The molecule has 0 radical (unpaired) electrons. The van der Waals surface area contributed by atoms with E-state index in [1.807, 2.05) is 6.92 Å². The summed E-state index contributed by atoms with van der Waals surface area (Å²) in [5, 5.41) is 5.88. The van der Waals surface area contributed by atoms with Crippen molar-refractivity contribution in [3.05, 3.63) is 23.8 Å². The fourth-order valence-electron chi connectivity index (χ4n) is 2.68. The van der Waals surface area contributed by atoms with E-state index in [0.717, 1.165) is 5.56 Å². The van der Waals surface area contributed by atoms with Crippen LogP contribution in [0.15, 0.2) is 23.1 Å². The van der Waals surface area contributed by atoms with Crippen molar-refractivity contribution >= 4 is 21.6 Å². The van der Waals surface area contributed by atoms with Crippen LogP contribution in [0.3, 0.4) is 0 Å². The summed E-state index contributed by atoms with van der Waals surface area (Å²) in [7, 11) is -3.50. The third-order valence-corrected chi connectivity index (χ3v) is 5.76. The Morgan fingerprint density at radius 3 is 2.90 bits per heavy atom. The van der Waals surface area contributed by atoms with Crippen LogP contribution in [-0.2, 0) is 21.2 Å². The molecule has 1 fully saturated rings. The first-order chi connectivity index (χ1) is 9.48. The van der Waals surface area contributed by atoms with E-state index >= 15 is 0 Å². The molecule has 2 heterocycles. The van der Waals surface area contributed by atoms with Crippen LogP contribution in [0.25, 0.3) is 0 Å². The molecule has 6 nitrogen and oxygen atoms in total. The number of carbonyl (C=O) groups excluding carboxylic acids is 1. The summed E-state index contributed by atoms with van der Waals surface area (Å²) in [6, 6.07) is 4.77. The molecule has 2 aliphatic rings. The molecule has 2 aliphatic heterocycles. The number of rotatable bonds is 2. The van der Waals surface area contributed by atoms with Gasteiger partial charge in [0.15, 0.2) is 0 Å². The van der Waals surface area contributed by atoms with E-state index < -0.39 is 10.0 Å². The number of hydrogen-bond acceptors (Lipinski definition) is 4. The minimum Gasteiger partial charge on any atom is -0.326 e. The van der Waals surface area contributed by atoms with Crippen LogP contribution in [0.5, 0.6) is 0 Å². The third kappa shape index (κ3) is 2.21. The van der Waals surface area contributed by atoms with Gasteiger partial charge in [0.2, 0.25) is 15.9 Å². The maximum Gasteiger partial charge on any atom is 0.243 e. The molecule has 7 heteroatoms. The van der Waals surface area contributed by atoms with Gasteiger partial charge < -0.3 is 10.6 Å². The van der Waals surface area contributed by atoms with Gasteiger partial charge in [-0.2, -0.15) is 4.31 Å². The highest BCUT2D eigenvalue weighted by molar-refractivity contribution is 7.89. The van der Waals surface area contributed by atoms with E-state index in [9.17, 15) is 13.2 Å². The van der Waals surface area contributed by atoms with Crippen molar-refractivity contribution in [2.75, 3.05) is 25.0 Å². The summed E-state index contributed by atoms with van der Waals surface area (Å²) >= 11 is 0. The number of piperazine rings is 1. The molecule has 2 N–H and O–H groups in total. The van der Waals surface area contributed by atoms with Crippen molar-refractivity contribution in [3.63, 3.8) is 0 Å². The molecule has 1 aromatic rings. The lowest BCUT2D eigenvalue weighted by molar-refractivity contribution is -0.115. The number of sulfonamides is 1. The highest BCUT2D eigenvalue weighted by atomic mass is 32.2. The number of nitrogens with one attached hydrogen (secondary N) is 2. The van der Waals surface area contributed by atoms with E-state index in [1.54, 1.807) is 18.2 Å². The highest BCUT2D eigenvalue weighted by Gasteiger charge is 2.32. The van der Waals surface area contributed by atoms with E-state index in [0.29, 0.717) is 25.3 Å². The SMILES string of the molecule is C[C@H]1CNCCN1S(=O)(=O)c1ccc2c(c1)CC(=O)N2. The van der Waals surface area contributed by atoms with Crippen LogP contribution in [0.4, 0.5) is 5.69 Å². The molecule has 1 amide bonds. The highest BCUT2D eigenvalue weighted by Crippen LogP contribution is 2.28. The summed E-state index contributed by atoms with van der Waals surface area (Å²) in [6.07, 6.45) is 0.246. The molecule has 0 aliphatic carbocycles. The van der Waals surface area contributed by atoms with Crippen molar-refractivity contribution in [2.24, 2.45) is 0 Å². The first-order valence-electron chi connectivity index (χ1n) is 6.64. The summed E-state index contributed by atoms with van der Waals surface area (Å²) in [5.74, 6) is -0.0925. The Kier molecular flexibility index (Phi) is 3.27. The van der Waals surface area contributed by atoms with Gasteiger partial charge in [-0.15, -0.1) is 0 Å². The summed E-state index contributed by atoms with van der Waals surface area (Å²) in [4.78, 5) is 11.6. The minimum atomic E-state index is -3.50. The van der Waals surface area contributed by atoms with Gasteiger partial charge in [0.25, 0.3) is 0 Å². The number of nitrogens with zero attached hydrogens (tertiary/aromatic N) is 1. The van der Waals surface area contributed by atoms with Crippen LogP contribution in [0.1, 0.15) is 12.5 Å². The smallest absolute Gasteiger partial charge is 0.243 e. The average molecular weight is 295 g/mol. The van der Waals surface area contributed by atoms with Crippen molar-refractivity contribution in [1.82, 2.24) is 9.62 Å². The topological polar surface area (TPSA) is 78.5 Å². The third-order valence-electron chi connectivity index (χ3n) is 3.75. The normalized spacial score (nSPS) is 23.4. The zero-order valence-electron chi connectivity index (χ0n) is 11.2. The summed E-state index contributed by atoms with van der Waals surface area (Å²) in [6.45, 7) is 3.68. The molecule has 1 aromatic carbocycles. The van der Waals surface area contributed by atoms with Crippen molar-refractivity contribution in [3.8, 4) is 0 Å². The van der Waals surface area contributed by atoms with Crippen molar-refractivity contribution in [1.29, 1.82) is 0 Å². The number of amides is 1. The van der Waals surface area contributed by atoms with Crippen LogP contribution >= 0.6 is 0 Å². The predicted molar refractivity (Wildman–Crippen MR) is 75.0 cm³/mol. The van der Waals surface area contributed by atoms with Crippen LogP contribution in [0.2, 0.25) is 0 Å².